The Kier molecular flexibility index (Phi) is 7.95. The summed E-state index contributed by atoms with van der Waals surface area (Å²) >= 11 is 0. The third-order valence-corrected chi connectivity index (χ3v) is 7.77. The molecule has 4 heterocycles. The highest BCUT2D eigenvalue weighted by atomic mass is 19.1. The smallest absolute Gasteiger partial charge is 0.318 e. The summed E-state index contributed by atoms with van der Waals surface area (Å²) < 4.78 is 24.7. The second-order valence-corrected chi connectivity index (χ2v) is 10.5. The van der Waals surface area contributed by atoms with Gasteiger partial charge in [-0.1, -0.05) is 17.3 Å². The molecule has 12 heteroatoms. The van der Waals surface area contributed by atoms with Gasteiger partial charge in [-0.2, -0.15) is 0 Å². The fraction of sp³-hybridized carbons (Fsp3) is 0.367. The van der Waals surface area contributed by atoms with E-state index in [-0.39, 0.29) is 30.1 Å². The highest BCUT2D eigenvalue weighted by Crippen LogP contribution is 2.36. The van der Waals surface area contributed by atoms with Crippen molar-refractivity contribution in [3.8, 4) is 11.4 Å². The van der Waals surface area contributed by atoms with Crippen LogP contribution in [0.3, 0.4) is 0 Å². The second-order valence-electron chi connectivity index (χ2n) is 10.5. The number of nitrogens with one attached hydrogen (secondary N) is 2. The molecule has 0 unspecified atom stereocenters. The standard InChI is InChI=1S/C30H32FN7O4/c1-32-30(40)33-23-8-4-21(5-9-23)28-34-26-25(36-42-27(26)29(35-28)38-14-16-41-17-15-38)20-10-12-37(13-11-20)24(39)18-19-2-6-22(31)7-3-19/h2-9,20H,10-18H2,1H3,(H2,32,33,40). The fourth-order valence-electron chi connectivity index (χ4n) is 5.41. The van der Waals surface area contributed by atoms with E-state index in [4.69, 9.17) is 19.2 Å². The summed E-state index contributed by atoms with van der Waals surface area (Å²) in [5.74, 6) is 0.994. The van der Waals surface area contributed by atoms with E-state index in [0.717, 1.165) is 29.7 Å². The van der Waals surface area contributed by atoms with E-state index in [2.05, 4.69) is 20.7 Å². The topological polar surface area (TPSA) is 126 Å². The van der Waals surface area contributed by atoms with Crippen molar-refractivity contribution in [1.29, 1.82) is 0 Å². The molecular weight excluding hydrogens is 541 g/mol. The maximum absolute atomic E-state index is 13.2. The molecule has 0 bridgehead atoms. The minimum Gasteiger partial charge on any atom is -0.378 e. The Morgan fingerprint density at radius 1 is 0.976 bits per heavy atom. The van der Waals surface area contributed by atoms with Crippen LogP contribution in [0.25, 0.3) is 22.5 Å². The molecule has 0 radical (unpaired) electrons. The van der Waals surface area contributed by atoms with Crippen molar-refractivity contribution in [3.05, 3.63) is 65.6 Å². The number of anilines is 2. The molecule has 2 N–H and O–H groups in total. The first-order valence-electron chi connectivity index (χ1n) is 14.1. The van der Waals surface area contributed by atoms with Crippen LogP contribution < -0.4 is 15.5 Å². The zero-order valence-corrected chi connectivity index (χ0v) is 23.3. The Balaban J connectivity index is 1.25. The number of benzene rings is 2. The number of hydrogen-bond donors (Lipinski definition) is 2. The molecular formula is C30H32FN7O4. The highest BCUT2D eigenvalue weighted by molar-refractivity contribution is 5.90. The van der Waals surface area contributed by atoms with Crippen LogP contribution >= 0.6 is 0 Å². The molecule has 2 saturated heterocycles. The van der Waals surface area contributed by atoms with E-state index in [0.29, 0.717) is 67.8 Å². The number of likely N-dealkylation sites (tertiary alicyclic amines) is 1. The quantitative estimate of drug-likeness (QED) is 0.355. The first-order valence-corrected chi connectivity index (χ1v) is 14.1. The maximum Gasteiger partial charge on any atom is 0.318 e. The number of fused-ring (bicyclic) bond motifs is 1. The number of morpholine rings is 1. The normalized spacial score (nSPS) is 16.0. The van der Waals surface area contributed by atoms with E-state index in [1.54, 1.807) is 31.3 Å². The summed E-state index contributed by atoms with van der Waals surface area (Å²) in [5.41, 5.74) is 4.23. The molecule has 42 heavy (non-hydrogen) atoms. The largest absolute Gasteiger partial charge is 0.378 e. The summed E-state index contributed by atoms with van der Waals surface area (Å²) in [6, 6.07) is 13.1. The molecule has 4 aromatic rings. The number of carbonyl (C=O) groups excluding carboxylic acids is 2. The van der Waals surface area contributed by atoms with Gasteiger partial charge in [0.15, 0.2) is 11.6 Å². The fourth-order valence-corrected chi connectivity index (χ4v) is 5.41. The Morgan fingerprint density at radius 3 is 2.38 bits per heavy atom. The number of halogens is 1. The van der Waals surface area contributed by atoms with Gasteiger partial charge in [0.1, 0.15) is 17.0 Å². The Morgan fingerprint density at radius 2 is 1.69 bits per heavy atom. The van der Waals surface area contributed by atoms with Gasteiger partial charge < -0.3 is 29.7 Å². The Hall–Kier alpha value is -4.58. The van der Waals surface area contributed by atoms with E-state index < -0.39 is 0 Å². The number of piperidine rings is 1. The average molecular weight is 574 g/mol. The maximum atomic E-state index is 13.2. The van der Waals surface area contributed by atoms with E-state index in [9.17, 15) is 14.0 Å². The molecule has 0 aliphatic carbocycles. The third kappa shape index (κ3) is 5.89. The SMILES string of the molecule is CNC(=O)Nc1ccc(-c2nc(N3CCOCC3)c3onc(C4CCN(C(=O)Cc5ccc(F)cc5)CC4)c3n2)cc1. The van der Waals surface area contributed by atoms with Crippen molar-refractivity contribution in [2.75, 3.05) is 56.7 Å². The summed E-state index contributed by atoms with van der Waals surface area (Å²) in [5, 5.41) is 9.78. The number of urea groups is 1. The third-order valence-electron chi connectivity index (χ3n) is 7.77. The zero-order chi connectivity index (χ0) is 29.1. The van der Waals surface area contributed by atoms with Gasteiger partial charge in [-0.05, 0) is 54.8 Å². The van der Waals surface area contributed by atoms with Crippen molar-refractivity contribution >= 4 is 34.5 Å². The lowest BCUT2D eigenvalue weighted by Crippen LogP contribution is -2.38. The molecule has 2 aliphatic heterocycles. The van der Waals surface area contributed by atoms with Gasteiger partial charge in [-0.15, -0.1) is 0 Å². The van der Waals surface area contributed by atoms with Crippen LogP contribution in [0.2, 0.25) is 0 Å². The molecule has 11 nitrogen and oxygen atoms in total. The predicted octanol–water partition coefficient (Wildman–Crippen LogP) is 3.96. The van der Waals surface area contributed by atoms with E-state index >= 15 is 0 Å². The van der Waals surface area contributed by atoms with Crippen molar-refractivity contribution in [2.45, 2.75) is 25.2 Å². The van der Waals surface area contributed by atoms with Gasteiger partial charge in [0.05, 0.1) is 19.6 Å². The predicted molar refractivity (Wildman–Crippen MR) is 155 cm³/mol. The van der Waals surface area contributed by atoms with Crippen LogP contribution in [-0.2, 0) is 16.0 Å². The number of hydrogen-bond acceptors (Lipinski definition) is 8. The van der Waals surface area contributed by atoms with Crippen molar-refractivity contribution < 1.29 is 23.2 Å². The number of nitrogens with zero attached hydrogens (tertiary/aromatic N) is 5. The first-order chi connectivity index (χ1) is 20.5. The van der Waals surface area contributed by atoms with E-state index in [1.165, 1.54) is 12.1 Å². The molecule has 0 atom stereocenters. The summed E-state index contributed by atoms with van der Waals surface area (Å²) in [7, 11) is 1.56. The number of amides is 3. The van der Waals surface area contributed by atoms with Crippen molar-refractivity contribution in [3.63, 3.8) is 0 Å². The van der Waals surface area contributed by atoms with Crippen molar-refractivity contribution in [2.24, 2.45) is 0 Å². The van der Waals surface area contributed by atoms with Crippen LogP contribution in [0.5, 0.6) is 0 Å². The van der Waals surface area contributed by atoms with Gasteiger partial charge in [-0.25, -0.2) is 19.2 Å². The molecule has 0 saturated carbocycles. The minimum absolute atomic E-state index is 0.0265. The number of ether oxygens (including phenoxy) is 1. The average Bonchev–Trinajstić information content (AvgIpc) is 3.46. The minimum atomic E-state index is -0.314. The molecule has 2 fully saturated rings. The number of carbonyl (C=O) groups is 2. The van der Waals surface area contributed by atoms with Gasteiger partial charge in [0, 0.05) is 50.4 Å². The lowest BCUT2D eigenvalue weighted by molar-refractivity contribution is -0.131. The highest BCUT2D eigenvalue weighted by Gasteiger charge is 2.30. The number of rotatable bonds is 6. The molecule has 2 aliphatic rings. The summed E-state index contributed by atoms with van der Waals surface area (Å²) in [6.07, 6.45) is 1.69. The van der Waals surface area contributed by atoms with E-state index in [1.807, 2.05) is 17.0 Å². The molecule has 2 aromatic carbocycles. The van der Waals surface area contributed by atoms with Gasteiger partial charge in [0.2, 0.25) is 11.5 Å². The van der Waals surface area contributed by atoms with Crippen molar-refractivity contribution in [1.82, 2.24) is 25.3 Å². The summed E-state index contributed by atoms with van der Waals surface area (Å²) in [4.78, 5) is 38.4. The summed E-state index contributed by atoms with van der Waals surface area (Å²) in [6.45, 7) is 3.70. The molecule has 3 amide bonds. The molecule has 6 rings (SSSR count). The van der Waals surface area contributed by atoms with Gasteiger partial charge >= 0.3 is 6.03 Å². The van der Waals surface area contributed by atoms with Crippen LogP contribution in [-0.4, -0.2) is 78.4 Å². The van der Waals surface area contributed by atoms with Gasteiger partial charge in [-0.3, -0.25) is 4.79 Å². The molecule has 0 spiro atoms. The van der Waals surface area contributed by atoms with Crippen LogP contribution in [0.15, 0.2) is 53.1 Å². The molecule has 2 aromatic heterocycles. The molecule has 218 valence electrons. The number of aromatic nitrogens is 3. The van der Waals surface area contributed by atoms with Crippen LogP contribution in [0.1, 0.15) is 30.0 Å². The lowest BCUT2D eigenvalue weighted by Gasteiger charge is -2.31. The van der Waals surface area contributed by atoms with Crippen LogP contribution in [0.4, 0.5) is 20.7 Å². The first kappa shape index (κ1) is 27.6. The van der Waals surface area contributed by atoms with Crippen LogP contribution in [0, 0.1) is 5.82 Å². The Labute approximate surface area is 242 Å². The van der Waals surface area contributed by atoms with Gasteiger partial charge in [0.25, 0.3) is 0 Å². The second kappa shape index (κ2) is 12.1. The lowest BCUT2D eigenvalue weighted by atomic mass is 9.92. The zero-order valence-electron chi connectivity index (χ0n) is 23.3. The monoisotopic (exact) mass is 573 g/mol. The Bertz CT molecular complexity index is 1560.